The van der Waals surface area contributed by atoms with Crippen molar-refractivity contribution in [3.8, 4) is 0 Å². The highest BCUT2D eigenvalue weighted by atomic mass is 16.1. The minimum Gasteiger partial charge on any atom is -0.354 e. The molecule has 5 nitrogen and oxygen atoms in total. The first-order chi connectivity index (χ1) is 8.13. The van der Waals surface area contributed by atoms with Crippen LogP contribution in [-0.4, -0.2) is 20.9 Å². The molecule has 90 valence electrons. The van der Waals surface area contributed by atoms with Crippen molar-refractivity contribution in [3.05, 3.63) is 33.9 Å². The third kappa shape index (κ3) is 2.13. The molecule has 0 aromatic carbocycles. The van der Waals surface area contributed by atoms with Crippen LogP contribution in [0.2, 0.25) is 0 Å². The molecular formula is C12H16N4O. The largest absolute Gasteiger partial charge is 0.356 e. The highest BCUT2D eigenvalue weighted by Gasteiger charge is 2.07. The zero-order valence-electron chi connectivity index (χ0n) is 10.3. The molecule has 0 bridgehead atoms. The summed E-state index contributed by atoms with van der Waals surface area (Å²) in [6, 6.07) is 3.85. The lowest BCUT2D eigenvalue weighted by molar-refractivity contribution is 0.883. The molecule has 5 heteroatoms. The van der Waals surface area contributed by atoms with Gasteiger partial charge in [0.2, 0.25) is 5.95 Å². The third-order valence-electron chi connectivity index (χ3n) is 2.63. The van der Waals surface area contributed by atoms with Gasteiger partial charge in [-0.2, -0.15) is 9.97 Å². The molecule has 0 atom stereocenters. The van der Waals surface area contributed by atoms with Gasteiger partial charge in [-0.05, 0) is 31.9 Å². The van der Waals surface area contributed by atoms with Gasteiger partial charge in [0, 0.05) is 12.2 Å². The van der Waals surface area contributed by atoms with Crippen LogP contribution >= 0.6 is 0 Å². The number of pyridine rings is 1. The molecule has 0 saturated heterocycles. The Morgan fingerprint density at radius 1 is 1.29 bits per heavy atom. The maximum absolute atomic E-state index is 11.9. The predicted molar refractivity (Wildman–Crippen MR) is 67.5 cm³/mol. The Morgan fingerprint density at radius 3 is 2.76 bits per heavy atom. The molecule has 0 amide bonds. The van der Waals surface area contributed by atoms with Crippen LogP contribution in [-0.2, 0) is 0 Å². The third-order valence-corrected chi connectivity index (χ3v) is 2.63. The van der Waals surface area contributed by atoms with Crippen LogP contribution < -0.4 is 11.0 Å². The molecule has 0 spiro atoms. The first kappa shape index (κ1) is 11.6. The lowest BCUT2D eigenvalue weighted by Gasteiger charge is -2.08. The number of aryl methyl sites for hydroxylation is 2. The summed E-state index contributed by atoms with van der Waals surface area (Å²) in [7, 11) is 0. The van der Waals surface area contributed by atoms with Crippen molar-refractivity contribution in [1.29, 1.82) is 0 Å². The molecule has 2 heterocycles. The second-order valence-electron chi connectivity index (χ2n) is 4.07. The summed E-state index contributed by atoms with van der Waals surface area (Å²) in [5.41, 5.74) is 2.20. The average Bonchev–Trinajstić information content (AvgIpc) is 2.31. The summed E-state index contributed by atoms with van der Waals surface area (Å²) in [6.07, 6.45) is 0.968. The summed E-state index contributed by atoms with van der Waals surface area (Å²) < 4.78 is 1.53. The van der Waals surface area contributed by atoms with Crippen LogP contribution in [0.15, 0.2) is 16.9 Å². The maximum atomic E-state index is 11.9. The summed E-state index contributed by atoms with van der Waals surface area (Å²) in [4.78, 5) is 20.2. The van der Waals surface area contributed by atoms with Gasteiger partial charge in [0.1, 0.15) is 5.65 Å². The van der Waals surface area contributed by atoms with Gasteiger partial charge in [-0.3, -0.25) is 0 Å². The van der Waals surface area contributed by atoms with Crippen molar-refractivity contribution in [3.63, 3.8) is 0 Å². The average molecular weight is 232 g/mol. The number of hydrogen-bond donors (Lipinski definition) is 1. The number of nitrogens with one attached hydrogen (secondary N) is 1. The van der Waals surface area contributed by atoms with E-state index in [1.54, 1.807) is 0 Å². The van der Waals surface area contributed by atoms with Crippen LogP contribution in [0.5, 0.6) is 0 Å². The summed E-state index contributed by atoms with van der Waals surface area (Å²) in [5.74, 6) is 0.408. The minimum atomic E-state index is -0.283. The Balaban J connectivity index is 2.65. The van der Waals surface area contributed by atoms with Crippen LogP contribution in [0.25, 0.3) is 5.65 Å². The number of nitrogens with zero attached hydrogens (tertiary/aromatic N) is 3. The SMILES string of the molecule is CCCNc1nc(=O)n2c(C)ccc(C)c2n1. The molecule has 1 N–H and O–H groups in total. The van der Waals surface area contributed by atoms with Crippen LogP contribution in [0.1, 0.15) is 24.6 Å². The number of hydrogen-bond acceptors (Lipinski definition) is 4. The van der Waals surface area contributed by atoms with E-state index in [2.05, 4.69) is 22.2 Å². The van der Waals surface area contributed by atoms with Crippen molar-refractivity contribution in [1.82, 2.24) is 14.4 Å². The van der Waals surface area contributed by atoms with Gasteiger partial charge in [0.15, 0.2) is 0 Å². The predicted octanol–water partition coefficient (Wildman–Crippen LogP) is 1.53. The second kappa shape index (κ2) is 4.53. The lowest BCUT2D eigenvalue weighted by Crippen LogP contribution is -2.23. The van der Waals surface area contributed by atoms with E-state index in [9.17, 15) is 4.79 Å². The van der Waals surface area contributed by atoms with E-state index in [1.165, 1.54) is 4.40 Å². The number of fused-ring (bicyclic) bond motifs is 1. The van der Waals surface area contributed by atoms with Gasteiger partial charge in [-0.1, -0.05) is 13.0 Å². The fraction of sp³-hybridized carbons (Fsp3) is 0.417. The number of rotatable bonds is 3. The fourth-order valence-electron chi connectivity index (χ4n) is 1.70. The van der Waals surface area contributed by atoms with Crippen molar-refractivity contribution in [2.24, 2.45) is 0 Å². The van der Waals surface area contributed by atoms with Crippen LogP contribution in [0.4, 0.5) is 5.95 Å². The zero-order chi connectivity index (χ0) is 12.4. The molecule has 0 aliphatic rings. The van der Waals surface area contributed by atoms with Gasteiger partial charge < -0.3 is 5.32 Å². The van der Waals surface area contributed by atoms with Gasteiger partial charge in [-0.15, -0.1) is 0 Å². The Hall–Kier alpha value is -1.91. The van der Waals surface area contributed by atoms with E-state index in [0.717, 1.165) is 24.2 Å². The molecular weight excluding hydrogens is 216 g/mol. The highest BCUT2D eigenvalue weighted by Crippen LogP contribution is 2.09. The van der Waals surface area contributed by atoms with E-state index in [4.69, 9.17) is 0 Å². The van der Waals surface area contributed by atoms with Crippen molar-refractivity contribution >= 4 is 11.6 Å². The van der Waals surface area contributed by atoms with E-state index in [0.29, 0.717) is 11.6 Å². The number of aromatic nitrogens is 3. The topological polar surface area (TPSA) is 59.3 Å². The minimum absolute atomic E-state index is 0.283. The standard InChI is InChI=1S/C12H16N4O/c1-4-7-13-11-14-10-8(2)5-6-9(3)16(10)12(17)15-11/h5-6H,4,7H2,1-3H3,(H,13,15,17). The summed E-state index contributed by atoms with van der Waals surface area (Å²) >= 11 is 0. The Labute approximate surface area is 99.5 Å². The molecule has 0 unspecified atom stereocenters. The molecule has 0 aliphatic heterocycles. The Morgan fingerprint density at radius 2 is 2.06 bits per heavy atom. The van der Waals surface area contributed by atoms with E-state index >= 15 is 0 Å². The van der Waals surface area contributed by atoms with Gasteiger partial charge >= 0.3 is 5.69 Å². The first-order valence-electron chi connectivity index (χ1n) is 5.74. The number of anilines is 1. The van der Waals surface area contributed by atoms with Gasteiger partial charge in [0.25, 0.3) is 0 Å². The Bertz CT molecular complexity index is 603. The van der Waals surface area contributed by atoms with Crippen molar-refractivity contribution in [2.75, 3.05) is 11.9 Å². The van der Waals surface area contributed by atoms with Crippen LogP contribution in [0, 0.1) is 13.8 Å². The van der Waals surface area contributed by atoms with E-state index < -0.39 is 0 Å². The normalized spacial score (nSPS) is 10.8. The molecule has 0 saturated carbocycles. The molecule has 2 rings (SSSR count). The van der Waals surface area contributed by atoms with Gasteiger partial charge in [-0.25, -0.2) is 9.20 Å². The summed E-state index contributed by atoms with van der Waals surface area (Å²) in [5, 5.41) is 3.04. The second-order valence-corrected chi connectivity index (χ2v) is 4.07. The zero-order valence-corrected chi connectivity index (χ0v) is 10.3. The van der Waals surface area contributed by atoms with E-state index in [-0.39, 0.29) is 5.69 Å². The summed E-state index contributed by atoms with van der Waals surface area (Å²) in [6.45, 7) is 6.62. The first-order valence-corrected chi connectivity index (χ1v) is 5.74. The van der Waals surface area contributed by atoms with Crippen LogP contribution in [0.3, 0.4) is 0 Å². The van der Waals surface area contributed by atoms with Crippen molar-refractivity contribution < 1.29 is 0 Å². The molecule has 17 heavy (non-hydrogen) atoms. The molecule has 2 aromatic heterocycles. The Kier molecular flexibility index (Phi) is 3.08. The molecule has 0 radical (unpaired) electrons. The molecule has 0 aliphatic carbocycles. The smallest absolute Gasteiger partial charge is 0.354 e. The van der Waals surface area contributed by atoms with Crippen molar-refractivity contribution in [2.45, 2.75) is 27.2 Å². The molecule has 0 fully saturated rings. The highest BCUT2D eigenvalue weighted by molar-refractivity contribution is 5.50. The quantitative estimate of drug-likeness (QED) is 0.871. The molecule has 2 aromatic rings. The maximum Gasteiger partial charge on any atom is 0.356 e. The van der Waals surface area contributed by atoms with E-state index in [1.807, 2.05) is 26.0 Å². The monoisotopic (exact) mass is 232 g/mol. The fourth-order valence-corrected chi connectivity index (χ4v) is 1.70. The lowest BCUT2D eigenvalue weighted by atomic mass is 10.2. The van der Waals surface area contributed by atoms with Gasteiger partial charge in [0.05, 0.1) is 0 Å².